The van der Waals surface area contributed by atoms with Crippen molar-refractivity contribution in [3.63, 3.8) is 0 Å². The van der Waals surface area contributed by atoms with Crippen LogP contribution in [-0.4, -0.2) is 34.1 Å². The maximum absolute atomic E-state index is 13.2. The predicted octanol–water partition coefficient (Wildman–Crippen LogP) is 5.05. The number of aromatic amines is 1. The Bertz CT molecular complexity index is 1180. The fourth-order valence-corrected chi connectivity index (χ4v) is 3.61. The number of hydrogen-bond donors (Lipinski definition) is 3. The summed E-state index contributed by atoms with van der Waals surface area (Å²) in [6, 6.07) is 10.3. The summed E-state index contributed by atoms with van der Waals surface area (Å²) in [7, 11) is 0. The van der Waals surface area contributed by atoms with Crippen molar-refractivity contribution in [2.45, 2.75) is 33.1 Å². The first-order chi connectivity index (χ1) is 16.2. The number of amides is 2. The third-order valence-electron chi connectivity index (χ3n) is 5.13. The summed E-state index contributed by atoms with van der Waals surface area (Å²) in [6.07, 6.45) is 3.21. The van der Waals surface area contributed by atoms with Crippen molar-refractivity contribution in [2.75, 3.05) is 11.9 Å². The number of imidazole rings is 1. The van der Waals surface area contributed by atoms with E-state index < -0.39 is 11.7 Å². The predicted molar refractivity (Wildman–Crippen MR) is 129 cm³/mol. The number of nitrogens with zero attached hydrogens (tertiary/aromatic N) is 1. The van der Waals surface area contributed by atoms with Gasteiger partial charge in [0.05, 0.1) is 11.3 Å². The highest BCUT2D eigenvalue weighted by Gasteiger charge is 2.20. The van der Waals surface area contributed by atoms with Crippen LogP contribution in [0.3, 0.4) is 0 Å². The Labute approximate surface area is 202 Å². The SMILES string of the molecule is CC(C)CCCNC(=O)c1[nH]cnc1C(=O)Nc1ccc(CC(=O)c2ccc(F)cc2Cl)cc1. The number of carbonyl (C=O) groups excluding carboxylic acids is 3. The maximum atomic E-state index is 13.2. The van der Waals surface area contributed by atoms with Gasteiger partial charge in [-0.05, 0) is 54.7 Å². The molecule has 3 rings (SSSR count). The molecule has 0 aliphatic rings. The van der Waals surface area contributed by atoms with Gasteiger partial charge in [-0.3, -0.25) is 14.4 Å². The molecule has 7 nitrogen and oxygen atoms in total. The van der Waals surface area contributed by atoms with Gasteiger partial charge in [0.2, 0.25) is 0 Å². The van der Waals surface area contributed by atoms with Crippen molar-refractivity contribution in [3.05, 3.63) is 82.1 Å². The van der Waals surface area contributed by atoms with Crippen molar-refractivity contribution in [3.8, 4) is 0 Å². The van der Waals surface area contributed by atoms with E-state index in [1.165, 1.54) is 18.5 Å². The maximum Gasteiger partial charge on any atom is 0.276 e. The Kier molecular flexibility index (Phi) is 8.54. The van der Waals surface area contributed by atoms with Crippen LogP contribution in [0.25, 0.3) is 0 Å². The van der Waals surface area contributed by atoms with Crippen molar-refractivity contribution >= 4 is 34.9 Å². The molecule has 3 N–H and O–H groups in total. The summed E-state index contributed by atoms with van der Waals surface area (Å²) in [5.74, 6) is -1.13. The van der Waals surface area contributed by atoms with E-state index in [0.29, 0.717) is 23.7 Å². The standard InChI is InChI=1S/C25H26ClFN4O3/c1-15(2)4-3-11-28-24(33)22-23(30-14-29-22)25(34)31-18-8-5-16(6-9-18)12-21(32)19-10-7-17(27)13-20(19)26/h5-10,13-15H,3-4,11-12H2,1-2H3,(H,28,33)(H,29,30)(H,31,34). The second-order valence-electron chi connectivity index (χ2n) is 8.29. The molecule has 3 aromatic rings. The normalized spacial score (nSPS) is 10.9. The first-order valence-electron chi connectivity index (χ1n) is 10.9. The van der Waals surface area contributed by atoms with Gasteiger partial charge in [0.25, 0.3) is 11.8 Å². The van der Waals surface area contributed by atoms with E-state index in [1.54, 1.807) is 24.3 Å². The molecule has 0 aliphatic heterocycles. The van der Waals surface area contributed by atoms with Gasteiger partial charge in [-0.1, -0.05) is 37.6 Å². The van der Waals surface area contributed by atoms with E-state index in [-0.39, 0.29) is 40.1 Å². The van der Waals surface area contributed by atoms with Gasteiger partial charge in [-0.15, -0.1) is 0 Å². The number of aromatic nitrogens is 2. The molecule has 0 bridgehead atoms. The fraction of sp³-hybridized carbons (Fsp3) is 0.280. The van der Waals surface area contributed by atoms with Crippen LogP contribution in [0, 0.1) is 11.7 Å². The van der Waals surface area contributed by atoms with E-state index in [4.69, 9.17) is 11.6 Å². The number of rotatable bonds is 10. The Morgan fingerprint density at radius 2 is 1.82 bits per heavy atom. The number of Topliss-reactive ketones (excluding diaryl/α,β-unsaturated/α-hetero) is 1. The van der Waals surface area contributed by atoms with Gasteiger partial charge in [0.15, 0.2) is 11.5 Å². The van der Waals surface area contributed by atoms with Crippen LogP contribution >= 0.6 is 11.6 Å². The van der Waals surface area contributed by atoms with Crippen LogP contribution in [0.4, 0.5) is 10.1 Å². The summed E-state index contributed by atoms with van der Waals surface area (Å²) < 4.78 is 13.2. The highest BCUT2D eigenvalue weighted by atomic mass is 35.5. The minimum absolute atomic E-state index is 0.00781. The Balaban J connectivity index is 1.58. The number of carbonyl (C=O) groups is 3. The van der Waals surface area contributed by atoms with Gasteiger partial charge in [0.1, 0.15) is 11.5 Å². The molecule has 0 saturated heterocycles. The highest BCUT2D eigenvalue weighted by molar-refractivity contribution is 6.34. The Morgan fingerprint density at radius 1 is 1.09 bits per heavy atom. The van der Waals surface area contributed by atoms with E-state index in [2.05, 4.69) is 34.4 Å². The molecule has 0 aliphatic carbocycles. The zero-order valence-electron chi connectivity index (χ0n) is 19.0. The van der Waals surface area contributed by atoms with Crippen LogP contribution in [-0.2, 0) is 6.42 Å². The summed E-state index contributed by atoms with van der Waals surface area (Å²) in [6.45, 7) is 4.75. The molecule has 2 amide bonds. The van der Waals surface area contributed by atoms with E-state index in [9.17, 15) is 18.8 Å². The quantitative estimate of drug-likeness (QED) is 0.277. The number of halogens is 2. The van der Waals surface area contributed by atoms with E-state index in [0.717, 1.165) is 18.9 Å². The molecule has 0 atom stereocenters. The molecule has 1 aromatic heterocycles. The molecular formula is C25H26ClFN4O3. The molecule has 0 saturated carbocycles. The molecule has 2 aromatic carbocycles. The molecule has 0 spiro atoms. The lowest BCUT2D eigenvalue weighted by Crippen LogP contribution is -2.27. The number of hydrogen-bond acceptors (Lipinski definition) is 4. The molecule has 178 valence electrons. The van der Waals surface area contributed by atoms with Crippen molar-refractivity contribution in [1.29, 1.82) is 0 Å². The van der Waals surface area contributed by atoms with E-state index in [1.807, 2.05) is 0 Å². The highest BCUT2D eigenvalue weighted by Crippen LogP contribution is 2.20. The Morgan fingerprint density at radius 3 is 2.50 bits per heavy atom. The summed E-state index contributed by atoms with van der Waals surface area (Å²) in [4.78, 5) is 44.2. The van der Waals surface area contributed by atoms with Crippen LogP contribution < -0.4 is 10.6 Å². The molecular weight excluding hydrogens is 459 g/mol. The third kappa shape index (κ3) is 6.74. The molecule has 0 fully saturated rings. The lowest BCUT2D eigenvalue weighted by atomic mass is 10.0. The lowest BCUT2D eigenvalue weighted by Gasteiger charge is -2.08. The average Bonchev–Trinajstić information content (AvgIpc) is 3.28. The summed E-state index contributed by atoms with van der Waals surface area (Å²) in [5.41, 5.74) is 1.51. The zero-order chi connectivity index (χ0) is 24.7. The van der Waals surface area contributed by atoms with Crippen LogP contribution in [0.15, 0.2) is 48.8 Å². The molecule has 34 heavy (non-hydrogen) atoms. The van der Waals surface area contributed by atoms with Gasteiger partial charge < -0.3 is 15.6 Å². The molecule has 1 heterocycles. The smallest absolute Gasteiger partial charge is 0.276 e. The molecule has 9 heteroatoms. The van der Waals surface area contributed by atoms with Crippen LogP contribution in [0.1, 0.15) is 63.6 Å². The topological polar surface area (TPSA) is 104 Å². The third-order valence-corrected chi connectivity index (χ3v) is 5.45. The van der Waals surface area contributed by atoms with Crippen LogP contribution in [0.2, 0.25) is 5.02 Å². The largest absolute Gasteiger partial charge is 0.351 e. The summed E-state index contributed by atoms with van der Waals surface area (Å²) >= 11 is 5.96. The number of benzene rings is 2. The minimum atomic E-state index is -0.532. The van der Waals surface area contributed by atoms with Crippen LogP contribution in [0.5, 0.6) is 0 Å². The monoisotopic (exact) mass is 484 g/mol. The Hall–Kier alpha value is -3.52. The second kappa shape index (κ2) is 11.6. The first kappa shape index (κ1) is 25.1. The number of H-pyrrole nitrogens is 1. The zero-order valence-corrected chi connectivity index (χ0v) is 19.7. The van der Waals surface area contributed by atoms with Crippen molar-refractivity contribution < 1.29 is 18.8 Å². The van der Waals surface area contributed by atoms with Gasteiger partial charge >= 0.3 is 0 Å². The van der Waals surface area contributed by atoms with Gasteiger partial charge in [-0.25, -0.2) is 9.37 Å². The molecule has 0 radical (unpaired) electrons. The number of anilines is 1. The summed E-state index contributed by atoms with van der Waals surface area (Å²) in [5, 5.41) is 5.56. The minimum Gasteiger partial charge on any atom is -0.351 e. The number of ketones is 1. The second-order valence-corrected chi connectivity index (χ2v) is 8.70. The molecule has 0 unspecified atom stereocenters. The van der Waals surface area contributed by atoms with Gasteiger partial charge in [-0.2, -0.15) is 0 Å². The average molecular weight is 485 g/mol. The van der Waals surface area contributed by atoms with Gasteiger partial charge in [0, 0.05) is 24.2 Å². The fourth-order valence-electron chi connectivity index (χ4n) is 3.33. The number of nitrogens with one attached hydrogen (secondary N) is 3. The first-order valence-corrected chi connectivity index (χ1v) is 11.3. The lowest BCUT2D eigenvalue weighted by molar-refractivity contribution is 0.0934. The van der Waals surface area contributed by atoms with E-state index >= 15 is 0 Å². The van der Waals surface area contributed by atoms with Crippen molar-refractivity contribution in [1.82, 2.24) is 15.3 Å². The van der Waals surface area contributed by atoms with Crippen molar-refractivity contribution in [2.24, 2.45) is 5.92 Å².